The highest BCUT2D eigenvalue weighted by Crippen LogP contribution is 2.26. The van der Waals surface area contributed by atoms with E-state index < -0.39 is 6.09 Å². The van der Waals surface area contributed by atoms with Crippen molar-refractivity contribution in [3.63, 3.8) is 0 Å². The number of rotatable bonds is 2. The third kappa shape index (κ3) is 2.07. The maximum Gasteiger partial charge on any atom is 0.413 e. The Bertz CT molecular complexity index is 560. The smallest absolute Gasteiger partial charge is 0.409 e. The molecule has 1 heterocycles. The number of nitriles is 1. The number of carbonyl (C=O) groups excluding carboxylic acids is 1. The molecule has 1 N–H and O–H groups in total. The van der Waals surface area contributed by atoms with Crippen LogP contribution >= 0.6 is 11.5 Å². The number of nitrogens with zero attached hydrogens (tertiary/aromatic N) is 3. The van der Waals surface area contributed by atoms with Crippen LogP contribution in [0, 0.1) is 11.3 Å². The summed E-state index contributed by atoms with van der Waals surface area (Å²) in [4.78, 5) is 11.2. The highest BCUT2D eigenvalue weighted by molar-refractivity contribution is 7.13. The first-order valence-electron chi connectivity index (χ1n) is 4.35. The Morgan fingerprint density at radius 2 is 2.50 bits per heavy atom. The molecule has 0 atom stereocenters. The lowest BCUT2D eigenvalue weighted by molar-refractivity contribution is 0.202. The van der Waals surface area contributed by atoms with Gasteiger partial charge in [-0.25, -0.2) is 4.79 Å². The number of benzene rings is 1. The summed E-state index contributed by atoms with van der Waals surface area (Å²) in [5.41, 5.74) is 0.676. The predicted octanol–water partition coefficient (Wildman–Crippen LogP) is 1.30. The van der Waals surface area contributed by atoms with E-state index in [2.05, 4.69) is 14.9 Å². The van der Waals surface area contributed by atoms with Gasteiger partial charge in [0.25, 0.3) is 0 Å². The van der Waals surface area contributed by atoms with Crippen LogP contribution in [0.1, 0.15) is 0 Å². The quantitative estimate of drug-likeness (QED) is 0.791. The summed E-state index contributed by atoms with van der Waals surface area (Å²) >= 11 is 1.15. The number of nitrogens with one attached hydrogen (secondary N) is 1. The van der Waals surface area contributed by atoms with Crippen molar-refractivity contribution < 1.29 is 9.53 Å². The van der Waals surface area contributed by atoms with E-state index in [-0.39, 0.29) is 6.54 Å². The van der Waals surface area contributed by atoms with Gasteiger partial charge in [0.1, 0.15) is 16.8 Å². The van der Waals surface area contributed by atoms with Crippen LogP contribution in [0.25, 0.3) is 10.2 Å². The minimum atomic E-state index is -0.664. The molecule has 7 heteroatoms. The van der Waals surface area contributed by atoms with E-state index in [1.54, 1.807) is 24.3 Å². The van der Waals surface area contributed by atoms with Crippen LogP contribution in [0.2, 0.25) is 0 Å². The Labute approximate surface area is 94.6 Å². The molecule has 0 aliphatic heterocycles. The normalized spacial score (nSPS) is 9.69. The first-order valence-corrected chi connectivity index (χ1v) is 5.12. The van der Waals surface area contributed by atoms with Crippen molar-refractivity contribution in [2.45, 2.75) is 0 Å². The van der Waals surface area contributed by atoms with Gasteiger partial charge < -0.3 is 10.1 Å². The molecule has 0 aliphatic rings. The van der Waals surface area contributed by atoms with Crippen molar-refractivity contribution in [1.29, 1.82) is 5.26 Å². The topological polar surface area (TPSA) is 87.9 Å². The summed E-state index contributed by atoms with van der Waals surface area (Å²) in [6.45, 7) is -0.0875. The van der Waals surface area contributed by atoms with E-state index in [9.17, 15) is 4.79 Å². The summed E-state index contributed by atoms with van der Waals surface area (Å²) in [7, 11) is 0. The molecule has 0 saturated carbocycles. The van der Waals surface area contributed by atoms with Crippen molar-refractivity contribution in [2.24, 2.45) is 0 Å². The second kappa shape index (κ2) is 4.55. The van der Waals surface area contributed by atoms with Gasteiger partial charge in [0, 0.05) is 0 Å². The van der Waals surface area contributed by atoms with Crippen molar-refractivity contribution in [1.82, 2.24) is 14.9 Å². The first-order chi connectivity index (χ1) is 7.81. The zero-order valence-electron chi connectivity index (χ0n) is 8.01. The van der Waals surface area contributed by atoms with Crippen molar-refractivity contribution >= 4 is 27.8 Å². The fraction of sp³-hybridized carbons (Fsp3) is 0.111. The number of carbonyl (C=O) groups is 1. The lowest BCUT2D eigenvalue weighted by atomic mass is 10.3. The lowest BCUT2D eigenvalue weighted by Crippen LogP contribution is -2.26. The van der Waals surface area contributed by atoms with Crippen molar-refractivity contribution in [2.75, 3.05) is 6.54 Å². The Kier molecular flexibility index (Phi) is 2.93. The number of hydrogen-bond acceptors (Lipinski definition) is 6. The van der Waals surface area contributed by atoms with E-state index in [4.69, 9.17) is 10.00 Å². The van der Waals surface area contributed by atoms with Crippen LogP contribution in [-0.4, -0.2) is 22.2 Å². The molecule has 16 heavy (non-hydrogen) atoms. The molecule has 0 radical (unpaired) electrons. The van der Waals surface area contributed by atoms with E-state index in [1.807, 2.05) is 0 Å². The Balaban J connectivity index is 2.18. The van der Waals surface area contributed by atoms with Crippen molar-refractivity contribution in [3.8, 4) is 11.8 Å². The largest absolute Gasteiger partial charge is 0.413 e. The van der Waals surface area contributed by atoms with Gasteiger partial charge in [0.2, 0.25) is 0 Å². The molecule has 6 nitrogen and oxygen atoms in total. The third-order valence-corrected chi connectivity index (χ3v) is 2.51. The fourth-order valence-corrected chi connectivity index (χ4v) is 1.72. The average molecular weight is 234 g/mol. The van der Waals surface area contributed by atoms with Crippen LogP contribution in [0.5, 0.6) is 5.75 Å². The molecular weight excluding hydrogens is 228 g/mol. The molecule has 2 aromatic rings. The second-order valence-electron chi connectivity index (χ2n) is 2.78. The molecule has 1 aromatic heterocycles. The second-order valence-corrected chi connectivity index (χ2v) is 3.53. The van der Waals surface area contributed by atoms with Gasteiger partial charge in [-0.05, 0) is 23.7 Å². The van der Waals surface area contributed by atoms with E-state index >= 15 is 0 Å². The maximum atomic E-state index is 11.2. The Hall–Kier alpha value is -2.20. The van der Waals surface area contributed by atoms with Crippen LogP contribution in [0.15, 0.2) is 18.2 Å². The highest BCUT2D eigenvalue weighted by Gasteiger charge is 2.09. The predicted molar refractivity (Wildman–Crippen MR) is 57.1 cm³/mol. The molecule has 0 saturated heterocycles. The van der Waals surface area contributed by atoms with Gasteiger partial charge in [0.05, 0.1) is 6.07 Å². The molecule has 2 rings (SSSR count). The first kappa shape index (κ1) is 10.3. The minimum absolute atomic E-state index is 0.0875. The van der Waals surface area contributed by atoms with E-state index in [0.717, 1.165) is 11.5 Å². The molecule has 1 amide bonds. The van der Waals surface area contributed by atoms with Gasteiger partial charge in [-0.3, -0.25) is 0 Å². The standard InChI is InChI=1S/C9H6N4O2S/c10-4-5-11-9(14)15-7-3-1-2-6-8(7)16-13-12-6/h1-3H,5H2,(H,11,14). The number of ether oxygens (including phenoxy) is 1. The van der Waals surface area contributed by atoms with Gasteiger partial charge in [0.15, 0.2) is 5.75 Å². The van der Waals surface area contributed by atoms with Gasteiger partial charge in [-0.15, -0.1) is 5.10 Å². The highest BCUT2D eigenvalue weighted by atomic mass is 32.1. The van der Waals surface area contributed by atoms with Crippen molar-refractivity contribution in [3.05, 3.63) is 18.2 Å². The molecule has 1 aromatic carbocycles. The van der Waals surface area contributed by atoms with Gasteiger partial charge in [-0.1, -0.05) is 10.6 Å². The summed E-state index contributed by atoms with van der Waals surface area (Å²) < 4.78 is 9.48. The molecule has 0 unspecified atom stereocenters. The molecule has 0 aliphatic carbocycles. The van der Waals surface area contributed by atoms with Crippen LogP contribution < -0.4 is 10.1 Å². The van der Waals surface area contributed by atoms with Gasteiger partial charge in [-0.2, -0.15) is 5.26 Å². The zero-order valence-corrected chi connectivity index (χ0v) is 8.82. The number of hydrogen-bond donors (Lipinski definition) is 1. The monoisotopic (exact) mass is 234 g/mol. The Morgan fingerprint density at radius 3 is 3.31 bits per heavy atom. The molecular formula is C9H6N4O2S. The van der Waals surface area contributed by atoms with Crippen LogP contribution in [-0.2, 0) is 0 Å². The number of fused-ring (bicyclic) bond motifs is 1. The van der Waals surface area contributed by atoms with Crippen LogP contribution in [0.4, 0.5) is 4.79 Å². The SMILES string of the molecule is N#CCNC(=O)Oc1cccc2nnsc12. The molecule has 0 fully saturated rings. The minimum Gasteiger partial charge on any atom is -0.409 e. The summed E-state index contributed by atoms with van der Waals surface area (Å²) in [5, 5.41) is 14.4. The Morgan fingerprint density at radius 1 is 1.62 bits per heavy atom. The van der Waals surface area contributed by atoms with Crippen LogP contribution in [0.3, 0.4) is 0 Å². The fourth-order valence-electron chi connectivity index (χ4n) is 1.11. The zero-order chi connectivity index (χ0) is 11.4. The maximum absolute atomic E-state index is 11.2. The molecule has 0 spiro atoms. The number of amides is 1. The van der Waals surface area contributed by atoms with E-state index in [1.165, 1.54) is 0 Å². The van der Waals surface area contributed by atoms with Gasteiger partial charge >= 0.3 is 6.09 Å². The molecule has 0 bridgehead atoms. The summed E-state index contributed by atoms with van der Waals surface area (Å²) in [6.07, 6.45) is -0.664. The average Bonchev–Trinajstić information content (AvgIpc) is 2.75. The summed E-state index contributed by atoms with van der Waals surface area (Å²) in [5.74, 6) is 0.392. The molecule has 80 valence electrons. The lowest BCUT2D eigenvalue weighted by Gasteiger charge is -2.03. The number of aromatic nitrogens is 2. The third-order valence-electron chi connectivity index (χ3n) is 1.75. The summed E-state index contributed by atoms with van der Waals surface area (Å²) in [6, 6.07) is 6.93. The van der Waals surface area contributed by atoms with E-state index in [0.29, 0.717) is 16.0 Å².